The maximum absolute atomic E-state index is 12.6. The summed E-state index contributed by atoms with van der Waals surface area (Å²) >= 11 is 0. The third-order valence-corrected chi connectivity index (χ3v) is 8.13. The van der Waals surface area contributed by atoms with Gasteiger partial charge in [0.15, 0.2) is 0 Å². The van der Waals surface area contributed by atoms with E-state index in [2.05, 4.69) is 9.62 Å². The molecule has 0 unspecified atom stereocenters. The Morgan fingerprint density at radius 1 is 1.14 bits per heavy atom. The van der Waals surface area contributed by atoms with Crippen LogP contribution in [0.2, 0.25) is 0 Å². The predicted molar refractivity (Wildman–Crippen MR) is 104 cm³/mol. The molecule has 11 heteroatoms. The number of anilines is 1. The van der Waals surface area contributed by atoms with E-state index in [1.165, 1.54) is 24.3 Å². The second-order valence-corrected chi connectivity index (χ2v) is 11.2. The Morgan fingerprint density at radius 2 is 1.75 bits per heavy atom. The van der Waals surface area contributed by atoms with E-state index >= 15 is 0 Å². The van der Waals surface area contributed by atoms with Gasteiger partial charge in [-0.3, -0.25) is 9.69 Å². The van der Waals surface area contributed by atoms with Gasteiger partial charge in [-0.25, -0.2) is 25.9 Å². The lowest BCUT2D eigenvalue weighted by molar-refractivity contribution is -0.116. The van der Waals surface area contributed by atoms with E-state index < -0.39 is 26.0 Å². The lowest BCUT2D eigenvalue weighted by Crippen LogP contribution is -2.55. The largest absolute Gasteiger partial charge is 0.379 e. The number of hydrogen-bond acceptors (Lipinski definition) is 7. The number of nitrogens with one attached hydrogen (secondary N) is 1. The van der Waals surface area contributed by atoms with E-state index in [1.54, 1.807) is 0 Å². The lowest BCUT2D eigenvalue weighted by atomic mass is 10.0. The maximum Gasteiger partial charge on any atom is 0.242 e. The highest BCUT2D eigenvalue weighted by Crippen LogP contribution is 2.26. The van der Waals surface area contributed by atoms with Gasteiger partial charge in [0.1, 0.15) is 0 Å². The first kappa shape index (κ1) is 21.2. The van der Waals surface area contributed by atoms with Crippen LogP contribution in [0.5, 0.6) is 0 Å². The second kappa shape index (κ2) is 7.71. The van der Waals surface area contributed by atoms with Crippen LogP contribution in [-0.4, -0.2) is 71.8 Å². The fourth-order valence-corrected chi connectivity index (χ4v) is 5.93. The summed E-state index contributed by atoms with van der Waals surface area (Å²) in [5.41, 5.74) is -0.234. The van der Waals surface area contributed by atoms with Gasteiger partial charge in [0.2, 0.25) is 26.0 Å². The van der Waals surface area contributed by atoms with Crippen LogP contribution >= 0.6 is 0 Å². The fraction of sp³-hybridized carbons (Fsp3) is 0.588. The molecule has 2 aliphatic rings. The van der Waals surface area contributed by atoms with Crippen molar-refractivity contribution in [2.45, 2.75) is 30.7 Å². The quantitative estimate of drug-likeness (QED) is 0.682. The van der Waals surface area contributed by atoms with E-state index in [-0.39, 0.29) is 34.8 Å². The zero-order valence-electron chi connectivity index (χ0n) is 15.9. The molecule has 0 saturated carbocycles. The summed E-state index contributed by atoms with van der Waals surface area (Å²) in [5.74, 6) is -0.745. The van der Waals surface area contributed by atoms with Crippen LogP contribution in [0.4, 0.5) is 5.69 Å². The molecule has 1 amide bonds. The molecule has 2 heterocycles. The topological polar surface area (TPSA) is 113 Å². The average Bonchev–Trinajstić information content (AvgIpc) is 2.94. The standard InChI is InChI=1S/C17H25N3O6S2/c1-17(2,19-8-10-26-11-9-19)13-18-28(24,25)15-5-3-14(4-6-15)20-16(21)7-12-27(20,22)23/h3-6,18H,7-13H2,1-2H3. The van der Waals surface area contributed by atoms with Crippen LogP contribution in [0.25, 0.3) is 0 Å². The molecular formula is C17H25N3O6S2. The Labute approximate surface area is 165 Å². The van der Waals surface area contributed by atoms with E-state index in [0.29, 0.717) is 13.2 Å². The molecule has 28 heavy (non-hydrogen) atoms. The molecule has 1 aromatic carbocycles. The van der Waals surface area contributed by atoms with Gasteiger partial charge in [-0.2, -0.15) is 0 Å². The van der Waals surface area contributed by atoms with Crippen molar-refractivity contribution in [2.75, 3.05) is 42.9 Å². The van der Waals surface area contributed by atoms with Gasteiger partial charge >= 0.3 is 0 Å². The SMILES string of the molecule is CC(C)(CNS(=O)(=O)c1ccc(N2C(=O)CCS2(=O)=O)cc1)N1CCOCC1. The molecule has 1 aromatic rings. The Morgan fingerprint density at radius 3 is 2.29 bits per heavy atom. The van der Waals surface area contributed by atoms with Crippen molar-refractivity contribution in [1.29, 1.82) is 0 Å². The number of rotatable bonds is 6. The molecular weight excluding hydrogens is 406 g/mol. The molecule has 2 fully saturated rings. The molecule has 156 valence electrons. The van der Waals surface area contributed by atoms with Crippen LogP contribution in [0, 0.1) is 0 Å². The van der Waals surface area contributed by atoms with E-state index in [1.807, 2.05) is 13.8 Å². The highest BCUT2D eigenvalue weighted by Gasteiger charge is 2.36. The smallest absolute Gasteiger partial charge is 0.242 e. The van der Waals surface area contributed by atoms with Gasteiger partial charge in [0.25, 0.3) is 0 Å². The first-order valence-corrected chi connectivity index (χ1v) is 12.1. The number of benzene rings is 1. The first-order chi connectivity index (χ1) is 13.0. The zero-order valence-corrected chi connectivity index (χ0v) is 17.6. The molecule has 0 aromatic heterocycles. The summed E-state index contributed by atoms with van der Waals surface area (Å²) in [7, 11) is -7.45. The second-order valence-electron chi connectivity index (χ2n) is 7.45. The normalized spacial score (nSPS) is 21.2. The minimum absolute atomic E-state index is 0.0121. The van der Waals surface area contributed by atoms with Gasteiger partial charge in [-0.1, -0.05) is 0 Å². The number of morpholine rings is 1. The monoisotopic (exact) mass is 431 g/mol. The molecule has 0 spiro atoms. The van der Waals surface area contributed by atoms with E-state index in [9.17, 15) is 21.6 Å². The van der Waals surface area contributed by atoms with Gasteiger partial charge in [-0.05, 0) is 38.1 Å². The minimum Gasteiger partial charge on any atom is -0.379 e. The van der Waals surface area contributed by atoms with Crippen LogP contribution in [0.1, 0.15) is 20.3 Å². The molecule has 0 aliphatic carbocycles. The Bertz CT molecular complexity index is 936. The molecule has 2 aliphatic heterocycles. The Kier molecular flexibility index (Phi) is 5.84. The minimum atomic E-state index is -3.78. The van der Waals surface area contributed by atoms with Crippen LogP contribution in [0.3, 0.4) is 0 Å². The van der Waals surface area contributed by atoms with E-state index in [4.69, 9.17) is 4.74 Å². The summed E-state index contributed by atoms with van der Waals surface area (Å²) in [6.45, 7) is 6.87. The molecule has 2 saturated heterocycles. The van der Waals surface area contributed by atoms with E-state index in [0.717, 1.165) is 17.4 Å². The number of carbonyl (C=O) groups is 1. The van der Waals surface area contributed by atoms with Crippen LogP contribution in [0.15, 0.2) is 29.2 Å². The molecule has 0 bridgehead atoms. The zero-order chi connectivity index (χ0) is 20.6. The summed E-state index contributed by atoms with van der Waals surface area (Å²) in [4.78, 5) is 14.0. The van der Waals surface area contributed by atoms with Crippen molar-refractivity contribution >= 4 is 31.6 Å². The summed E-state index contributed by atoms with van der Waals surface area (Å²) < 4.78 is 57.9. The van der Waals surface area contributed by atoms with Crippen LogP contribution in [-0.2, 0) is 29.6 Å². The van der Waals surface area contributed by atoms with Crippen molar-refractivity contribution in [3.8, 4) is 0 Å². The number of carbonyl (C=O) groups excluding carboxylic acids is 1. The molecule has 0 atom stereocenters. The van der Waals surface area contributed by atoms with Crippen molar-refractivity contribution in [2.24, 2.45) is 0 Å². The highest BCUT2D eigenvalue weighted by molar-refractivity contribution is 7.94. The van der Waals surface area contributed by atoms with Crippen molar-refractivity contribution in [3.05, 3.63) is 24.3 Å². The fourth-order valence-electron chi connectivity index (χ4n) is 3.26. The number of hydrogen-bond donors (Lipinski definition) is 1. The lowest BCUT2D eigenvalue weighted by Gasteiger charge is -2.40. The number of ether oxygens (including phenoxy) is 1. The Hall–Kier alpha value is -1.53. The highest BCUT2D eigenvalue weighted by atomic mass is 32.2. The van der Waals surface area contributed by atoms with Gasteiger partial charge in [0, 0.05) is 31.6 Å². The Balaban J connectivity index is 1.71. The summed E-state index contributed by atoms with van der Waals surface area (Å²) in [5, 5.41) is 0. The van der Waals surface area contributed by atoms with Crippen molar-refractivity contribution < 1.29 is 26.4 Å². The van der Waals surface area contributed by atoms with Crippen molar-refractivity contribution in [3.63, 3.8) is 0 Å². The summed E-state index contributed by atoms with van der Waals surface area (Å²) in [6.07, 6.45) is -0.0689. The maximum atomic E-state index is 12.6. The van der Waals surface area contributed by atoms with Crippen LogP contribution < -0.4 is 9.03 Å². The molecule has 1 N–H and O–H groups in total. The van der Waals surface area contributed by atoms with Gasteiger partial charge in [0.05, 0.1) is 29.5 Å². The molecule has 0 radical (unpaired) electrons. The third-order valence-electron chi connectivity index (χ3n) is 5.02. The van der Waals surface area contributed by atoms with Gasteiger partial charge in [-0.15, -0.1) is 0 Å². The molecule has 3 rings (SSSR count). The number of nitrogens with zero attached hydrogens (tertiary/aromatic N) is 2. The van der Waals surface area contributed by atoms with Gasteiger partial charge < -0.3 is 4.74 Å². The molecule has 9 nitrogen and oxygen atoms in total. The number of sulfonamides is 2. The number of amides is 1. The predicted octanol–water partition coefficient (Wildman–Crippen LogP) is 0.142. The third kappa shape index (κ3) is 4.38. The summed E-state index contributed by atoms with van der Waals surface area (Å²) in [6, 6.07) is 5.28. The average molecular weight is 432 g/mol. The first-order valence-electron chi connectivity index (χ1n) is 9.01. The van der Waals surface area contributed by atoms with Crippen molar-refractivity contribution in [1.82, 2.24) is 9.62 Å².